The minimum absolute atomic E-state index is 0.151. The van der Waals surface area contributed by atoms with Crippen molar-refractivity contribution < 1.29 is 29.5 Å². The molecule has 3 atom stereocenters. The van der Waals surface area contributed by atoms with Crippen molar-refractivity contribution in [2.45, 2.75) is 38.9 Å². The lowest BCUT2D eigenvalue weighted by atomic mass is 9.81. The number of phenols is 3. The van der Waals surface area contributed by atoms with Gasteiger partial charge in [0.25, 0.3) is 0 Å². The highest BCUT2D eigenvalue weighted by Crippen LogP contribution is 2.43. The van der Waals surface area contributed by atoms with E-state index < -0.39 is 0 Å². The molecule has 0 amide bonds. The Kier molecular flexibility index (Phi) is 7.16. The number of hydrogen-bond acceptors (Lipinski definition) is 9. The lowest BCUT2D eigenvalue weighted by Gasteiger charge is -2.26. The van der Waals surface area contributed by atoms with Gasteiger partial charge in [0, 0.05) is 16.7 Å². The van der Waals surface area contributed by atoms with Crippen molar-refractivity contribution in [3.63, 3.8) is 0 Å². The number of aliphatic imine (C=N–C) groups is 3. The van der Waals surface area contributed by atoms with E-state index in [4.69, 9.17) is 29.2 Å². The van der Waals surface area contributed by atoms with Gasteiger partial charge in [0.05, 0.1) is 0 Å². The molecule has 0 aliphatic carbocycles. The zero-order chi connectivity index (χ0) is 31.2. The Morgan fingerprint density at radius 1 is 0.489 bits per heavy atom. The molecule has 9 heteroatoms. The summed E-state index contributed by atoms with van der Waals surface area (Å²) in [7, 11) is 0. The number of ether oxygens (including phenoxy) is 3. The van der Waals surface area contributed by atoms with E-state index in [9.17, 15) is 15.3 Å². The van der Waals surface area contributed by atoms with Crippen LogP contribution in [0.3, 0.4) is 0 Å². The van der Waals surface area contributed by atoms with Crippen molar-refractivity contribution in [2.24, 2.45) is 15.0 Å². The minimum Gasteiger partial charge on any atom is -0.508 e. The van der Waals surface area contributed by atoms with Gasteiger partial charge in [-0.05, 0) is 109 Å². The molecule has 0 saturated carbocycles. The molecule has 228 valence electrons. The van der Waals surface area contributed by atoms with Gasteiger partial charge < -0.3 is 29.5 Å². The number of phenolic OH excluding ortho intramolecular Hbond substituents is 3. The van der Waals surface area contributed by atoms with E-state index >= 15 is 0 Å². The van der Waals surface area contributed by atoms with Crippen LogP contribution in [0.1, 0.15) is 68.2 Å². The number of hydrogen-bond donors (Lipinski definition) is 3. The summed E-state index contributed by atoms with van der Waals surface area (Å²) < 4.78 is 18.3. The first-order chi connectivity index (χ1) is 21.8. The highest BCUT2D eigenvalue weighted by molar-refractivity contribution is 5.97. The first-order valence-corrected chi connectivity index (χ1v) is 14.9. The maximum absolute atomic E-state index is 10.0. The lowest BCUT2D eigenvalue weighted by Crippen LogP contribution is -2.16. The van der Waals surface area contributed by atoms with E-state index in [1.807, 2.05) is 18.2 Å². The Bertz CT molecular complexity index is 1670. The Morgan fingerprint density at radius 3 is 1.04 bits per heavy atom. The zero-order valence-corrected chi connectivity index (χ0v) is 25.2. The highest BCUT2D eigenvalue weighted by Gasteiger charge is 2.35. The van der Waals surface area contributed by atoms with Gasteiger partial charge >= 0.3 is 0 Å². The molecule has 0 spiro atoms. The number of rotatable bonds is 6. The molecule has 4 aromatic carbocycles. The molecule has 4 aromatic rings. The molecule has 7 rings (SSSR count). The van der Waals surface area contributed by atoms with Crippen LogP contribution in [0, 0.1) is 20.8 Å². The first kappa shape index (κ1) is 28.5. The molecule has 0 bridgehead atoms. The van der Waals surface area contributed by atoms with Crippen molar-refractivity contribution in [3.8, 4) is 17.2 Å². The van der Waals surface area contributed by atoms with Crippen LogP contribution in [0.2, 0.25) is 0 Å². The van der Waals surface area contributed by atoms with E-state index in [-0.39, 0.29) is 35.4 Å². The maximum atomic E-state index is 10.0. The molecule has 0 fully saturated rings. The van der Waals surface area contributed by atoms with Crippen LogP contribution in [0.15, 0.2) is 87.8 Å². The maximum Gasteiger partial charge on any atom is 0.217 e. The number of aromatic hydroxyl groups is 3. The van der Waals surface area contributed by atoms with Crippen LogP contribution in [0.5, 0.6) is 17.2 Å². The highest BCUT2D eigenvalue weighted by atomic mass is 16.5. The molecule has 3 N–H and O–H groups in total. The van der Waals surface area contributed by atoms with Crippen LogP contribution < -0.4 is 0 Å². The van der Waals surface area contributed by atoms with Crippen LogP contribution in [-0.4, -0.2) is 52.8 Å². The van der Waals surface area contributed by atoms with Crippen molar-refractivity contribution in [1.29, 1.82) is 0 Å². The normalized spacial score (nSPS) is 20.6. The van der Waals surface area contributed by atoms with Crippen molar-refractivity contribution in [1.82, 2.24) is 0 Å². The van der Waals surface area contributed by atoms with Gasteiger partial charge in [-0.25, -0.2) is 15.0 Å². The largest absolute Gasteiger partial charge is 0.508 e. The Labute approximate surface area is 260 Å². The molecule has 3 heterocycles. The minimum atomic E-state index is -0.283. The van der Waals surface area contributed by atoms with Gasteiger partial charge in [-0.1, -0.05) is 18.2 Å². The van der Waals surface area contributed by atoms with Gasteiger partial charge in [0.2, 0.25) is 17.7 Å². The van der Waals surface area contributed by atoms with E-state index in [1.165, 1.54) is 0 Å². The smallest absolute Gasteiger partial charge is 0.217 e. The summed E-state index contributed by atoms with van der Waals surface area (Å²) in [5.74, 6) is 1.91. The molecule has 0 unspecified atom stereocenters. The van der Waals surface area contributed by atoms with E-state index in [1.54, 1.807) is 54.6 Å². The van der Waals surface area contributed by atoms with Gasteiger partial charge in [-0.15, -0.1) is 0 Å². The predicted octanol–water partition coefficient (Wildman–Crippen LogP) is 6.28. The summed E-state index contributed by atoms with van der Waals surface area (Å²) in [4.78, 5) is 15.0. The van der Waals surface area contributed by atoms with E-state index in [2.05, 4.69) is 20.8 Å². The van der Waals surface area contributed by atoms with Crippen LogP contribution in [-0.2, 0) is 14.2 Å². The second-order valence-electron chi connectivity index (χ2n) is 11.6. The van der Waals surface area contributed by atoms with E-state index in [0.717, 1.165) is 50.1 Å². The van der Waals surface area contributed by atoms with Crippen LogP contribution in [0.4, 0.5) is 0 Å². The molecule has 0 saturated heterocycles. The zero-order valence-electron chi connectivity index (χ0n) is 25.2. The third-order valence-corrected chi connectivity index (χ3v) is 8.66. The average molecular weight is 604 g/mol. The van der Waals surface area contributed by atoms with E-state index in [0.29, 0.717) is 37.5 Å². The van der Waals surface area contributed by atoms with Crippen LogP contribution >= 0.6 is 0 Å². The molecule has 9 nitrogen and oxygen atoms in total. The second kappa shape index (κ2) is 11.3. The molecule has 0 radical (unpaired) electrons. The summed E-state index contributed by atoms with van der Waals surface area (Å²) in [5, 5.41) is 30.1. The average Bonchev–Trinajstić information content (AvgIpc) is 3.80. The van der Waals surface area contributed by atoms with Crippen molar-refractivity contribution in [2.75, 3.05) is 19.8 Å². The lowest BCUT2D eigenvalue weighted by molar-refractivity contribution is 0.313. The second-order valence-corrected chi connectivity index (χ2v) is 11.6. The fourth-order valence-corrected chi connectivity index (χ4v) is 6.73. The Balaban J connectivity index is 1.35. The third kappa shape index (κ3) is 5.24. The SMILES string of the molecule is Cc1c([C@@H]2COC(c3cccc(O)c3)=N2)c(C)c([C@@H]2COC(c3cccc(O)c3)=N2)c(C)c1[C@@H]1COC(c2cccc(O)c2)=N1. The van der Waals surface area contributed by atoms with Gasteiger partial charge in [-0.2, -0.15) is 0 Å². The Hall–Kier alpha value is -5.31. The standard InChI is InChI=1S/C36H33N3O6/c1-19-31(28-16-43-34(37-28)22-7-4-10-25(40)13-22)20(2)33(30-18-45-36(39-30)24-9-6-12-27(42)15-24)21(3)32(19)29-17-44-35(38-29)23-8-5-11-26(41)14-23/h4-15,28-30,40-42H,16-18H2,1-3H3/t28-,29-,30-/m0/s1. The van der Waals surface area contributed by atoms with Gasteiger partial charge in [0.1, 0.15) is 55.2 Å². The molecular formula is C36H33N3O6. The number of nitrogens with zero attached hydrogens (tertiary/aromatic N) is 3. The predicted molar refractivity (Wildman–Crippen MR) is 171 cm³/mol. The third-order valence-electron chi connectivity index (χ3n) is 8.66. The van der Waals surface area contributed by atoms with Crippen LogP contribution in [0.25, 0.3) is 0 Å². The fraction of sp³-hybridized carbons (Fsp3) is 0.250. The van der Waals surface area contributed by atoms with Crippen molar-refractivity contribution in [3.05, 3.63) is 123 Å². The summed E-state index contributed by atoms with van der Waals surface area (Å²) in [6.45, 7) is 7.37. The Morgan fingerprint density at radius 2 is 0.778 bits per heavy atom. The number of benzene rings is 4. The van der Waals surface area contributed by atoms with Gasteiger partial charge in [-0.3, -0.25) is 0 Å². The molecule has 3 aliphatic rings. The first-order valence-electron chi connectivity index (χ1n) is 14.9. The monoisotopic (exact) mass is 603 g/mol. The summed E-state index contributed by atoms with van der Waals surface area (Å²) >= 11 is 0. The quantitative estimate of drug-likeness (QED) is 0.238. The van der Waals surface area contributed by atoms with Crippen molar-refractivity contribution >= 4 is 17.7 Å². The molecule has 3 aliphatic heterocycles. The summed E-state index contributed by atoms with van der Waals surface area (Å²) in [6.07, 6.45) is 0. The molecule has 45 heavy (non-hydrogen) atoms. The fourth-order valence-electron chi connectivity index (χ4n) is 6.73. The summed E-state index contributed by atoms with van der Waals surface area (Å²) in [6, 6.07) is 19.9. The topological polar surface area (TPSA) is 125 Å². The molecular weight excluding hydrogens is 570 g/mol. The van der Waals surface area contributed by atoms with Gasteiger partial charge in [0.15, 0.2) is 0 Å². The molecule has 0 aromatic heterocycles. The summed E-state index contributed by atoms with van der Waals surface area (Å²) in [5.41, 5.74) is 8.48.